The van der Waals surface area contributed by atoms with Crippen LogP contribution >= 0.6 is 0 Å². The lowest BCUT2D eigenvalue weighted by Gasteiger charge is -2.40. The van der Waals surface area contributed by atoms with Crippen molar-refractivity contribution in [1.29, 1.82) is 0 Å². The van der Waals surface area contributed by atoms with Gasteiger partial charge in [0.15, 0.2) is 0 Å². The van der Waals surface area contributed by atoms with Gasteiger partial charge in [-0.2, -0.15) is 5.10 Å². The molecular formula is C14H25N3O. The van der Waals surface area contributed by atoms with Crippen molar-refractivity contribution in [3.05, 3.63) is 18.0 Å². The van der Waals surface area contributed by atoms with E-state index in [4.69, 9.17) is 5.73 Å². The van der Waals surface area contributed by atoms with Crippen LogP contribution in [0.2, 0.25) is 0 Å². The Kier molecular flexibility index (Phi) is 4.07. The Morgan fingerprint density at radius 1 is 1.56 bits per heavy atom. The van der Waals surface area contributed by atoms with E-state index < -0.39 is 0 Å². The van der Waals surface area contributed by atoms with E-state index >= 15 is 0 Å². The number of nitrogens with two attached hydrogens (primary N) is 1. The average Bonchev–Trinajstić information content (AvgIpc) is 2.81. The van der Waals surface area contributed by atoms with E-state index in [-0.39, 0.29) is 11.5 Å². The normalized spacial score (nSPS) is 28.8. The van der Waals surface area contributed by atoms with Gasteiger partial charge in [-0.15, -0.1) is 0 Å². The van der Waals surface area contributed by atoms with Crippen molar-refractivity contribution >= 4 is 0 Å². The van der Waals surface area contributed by atoms with Crippen LogP contribution in [0, 0.1) is 5.41 Å². The highest BCUT2D eigenvalue weighted by Crippen LogP contribution is 2.38. The molecule has 0 amide bonds. The summed E-state index contributed by atoms with van der Waals surface area (Å²) in [4.78, 5) is 0. The SMILES string of the molecule is CC(C)n1ccc(CC2(CN)CCCCC2O)n1. The molecule has 2 unspecified atom stereocenters. The molecule has 0 bridgehead atoms. The summed E-state index contributed by atoms with van der Waals surface area (Å²) in [5.74, 6) is 0. The topological polar surface area (TPSA) is 64.1 Å². The van der Waals surface area contributed by atoms with Crippen LogP contribution in [0.3, 0.4) is 0 Å². The molecule has 0 aromatic carbocycles. The minimum atomic E-state index is -0.277. The molecule has 4 nitrogen and oxygen atoms in total. The van der Waals surface area contributed by atoms with Gasteiger partial charge in [-0.3, -0.25) is 4.68 Å². The summed E-state index contributed by atoms with van der Waals surface area (Å²) in [6, 6.07) is 2.43. The number of aliphatic hydroxyl groups excluding tert-OH is 1. The quantitative estimate of drug-likeness (QED) is 0.859. The van der Waals surface area contributed by atoms with Crippen LogP contribution in [0.25, 0.3) is 0 Å². The zero-order valence-corrected chi connectivity index (χ0v) is 11.5. The Labute approximate surface area is 109 Å². The maximum absolute atomic E-state index is 10.3. The monoisotopic (exact) mass is 251 g/mol. The molecule has 2 atom stereocenters. The molecule has 0 radical (unpaired) electrons. The number of rotatable bonds is 4. The molecule has 0 aliphatic heterocycles. The van der Waals surface area contributed by atoms with Gasteiger partial charge in [-0.25, -0.2) is 0 Å². The van der Waals surface area contributed by atoms with Crippen molar-refractivity contribution in [2.24, 2.45) is 11.1 Å². The van der Waals surface area contributed by atoms with Gasteiger partial charge in [0.2, 0.25) is 0 Å². The molecule has 0 spiro atoms. The molecule has 1 aliphatic rings. The van der Waals surface area contributed by atoms with Crippen LogP contribution in [0.5, 0.6) is 0 Å². The molecule has 1 saturated carbocycles. The summed E-state index contributed by atoms with van der Waals surface area (Å²) < 4.78 is 1.97. The van der Waals surface area contributed by atoms with Gasteiger partial charge < -0.3 is 10.8 Å². The minimum absolute atomic E-state index is 0.158. The van der Waals surface area contributed by atoms with Crippen molar-refractivity contribution in [3.8, 4) is 0 Å². The molecule has 3 N–H and O–H groups in total. The fourth-order valence-corrected chi connectivity index (χ4v) is 2.92. The number of nitrogens with zero attached hydrogens (tertiary/aromatic N) is 2. The summed E-state index contributed by atoms with van der Waals surface area (Å²) in [5.41, 5.74) is 6.84. The number of aromatic nitrogens is 2. The molecule has 18 heavy (non-hydrogen) atoms. The van der Waals surface area contributed by atoms with E-state index in [9.17, 15) is 5.11 Å². The first-order valence-electron chi connectivity index (χ1n) is 6.99. The fraction of sp³-hybridized carbons (Fsp3) is 0.786. The van der Waals surface area contributed by atoms with E-state index in [0.29, 0.717) is 12.6 Å². The zero-order valence-electron chi connectivity index (χ0n) is 11.5. The second-order valence-corrected chi connectivity index (χ2v) is 5.89. The molecule has 1 fully saturated rings. The lowest BCUT2D eigenvalue weighted by molar-refractivity contribution is -0.00654. The Balaban J connectivity index is 2.13. The smallest absolute Gasteiger partial charge is 0.0631 e. The van der Waals surface area contributed by atoms with E-state index in [0.717, 1.165) is 31.4 Å². The Morgan fingerprint density at radius 2 is 2.33 bits per heavy atom. The Hall–Kier alpha value is -0.870. The van der Waals surface area contributed by atoms with Gasteiger partial charge in [0, 0.05) is 30.6 Å². The first-order chi connectivity index (χ1) is 8.57. The Morgan fingerprint density at radius 3 is 2.89 bits per heavy atom. The van der Waals surface area contributed by atoms with Gasteiger partial charge in [-0.05, 0) is 32.8 Å². The van der Waals surface area contributed by atoms with Crippen molar-refractivity contribution in [2.75, 3.05) is 6.54 Å². The largest absolute Gasteiger partial charge is 0.392 e. The second kappa shape index (κ2) is 5.41. The van der Waals surface area contributed by atoms with E-state index in [1.54, 1.807) is 0 Å². The lowest BCUT2D eigenvalue weighted by Crippen LogP contribution is -2.45. The fourth-order valence-electron chi connectivity index (χ4n) is 2.92. The van der Waals surface area contributed by atoms with Gasteiger partial charge >= 0.3 is 0 Å². The highest BCUT2D eigenvalue weighted by molar-refractivity contribution is 5.07. The number of hydrogen-bond acceptors (Lipinski definition) is 3. The maximum atomic E-state index is 10.3. The average molecular weight is 251 g/mol. The molecule has 2 rings (SSSR count). The van der Waals surface area contributed by atoms with E-state index in [1.807, 2.05) is 10.9 Å². The lowest BCUT2D eigenvalue weighted by atomic mass is 9.69. The van der Waals surface area contributed by atoms with Crippen LogP contribution in [-0.4, -0.2) is 27.5 Å². The summed E-state index contributed by atoms with van der Waals surface area (Å²) in [7, 11) is 0. The first kappa shape index (κ1) is 13.6. The van der Waals surface area contributed by atoms with Crippen LogP contribution < -0.4 is 5.73 Å². The van der Waals surface area contributed by atoms with Crippen LogP contribution in [-0.2, 0) is 6.42 Å². The van der Waals surface area contributed by atoms with Crippen LogP contribution in [0.15, 0.2) is 12.3 Å². The van der Waals surface area contributed by atoms with Crippen molar-refractivity contribution in [1.82, 2.24) is 9.78 Å². The molecule has 1 aromatic rings. The summed E-state index contributed by atoms with van der Waals surface area (Å²) in [6.07, 6.45) is 6.70. The maximum Gasteiger partial charge on any atom is 0.0631 e. The third-order valence-electron chi connectivity index (χ3n) is 4.24. The van der Waals surface area contributed by atoms with Crippen molar-refractivity contribution < 1.29 is 5.11 Å². The molecule has 1 heterocycles. The van der Waals surface area contributed by atoms with Gasteiger partial charge in [0.1, 0.15) is 0 Å². The first-order valence-corrected chi connectivity index (χ1v) is 6.99. The predicted octanol–water partition coefficient (Wildman–Crippen LogP) is 1.89. The second-order valence-electron chi connectivity index (χ2n) is 5.89. The molecule has 1 aromatic heterocycles. The van der Waals surface area contributed by atoms with E-state index in [2.05, 4.69) is 25.0 Å². The molecular weight excluding hydrogens is 226 g/mol. The van der Waals surface area contributed by atoms with Crippen LogP contribution in [0.1, 0.15) is 51.3 Å². The summed E-state index contributed by atoms with van der Waals surface area (Å²) in [6.45, 7) is 4.78. The summed E-state index contributed by atoms with van der Waals surface area (Å²) in [5, 5.41) is 14.9. The van der Waals surface area contributed by atoms with Gasteiger partial charge in [-0.1, -0.05) is 12.8 Å². The third-order valence-corrected chi connectivity index (χ3v) is 4.24. The summed E-state index contributed by atoms with van der Waals surface area (Å²) >= 11 is 0. The van der Waals surface area contributed by atoms with Crippen molar-refractivity contribution in [2.45, 2.75) is 58.1 Å². The number of aliphatic hydroxyl groups is 1. The minimum Gasteiger partial charge on any atom is -0.392 e. The highest BCUT2D eigenvalue weighted by Gasteiger charge is 2.39. The van der Waals surface area contributed by atoms with Gasteiger partial charge in [0.05, 0.1) is 11.8 Å². The van der Waals surface area contributed by atoms with Gasteiger partial charge in [0.25, 0.3) is 0 Å². The van der Waals surface area contributed by atoms with Crippen LogP contribution in [0.4, 0.5) is 0 Å². The highest BCUT2D eigenvalue weighted by atomic mass is 16.3. The predicted molar refractivity (Wildman–Crippen MR) is 72.3 cm³/mol. The molecule has 4 heteroatoms. The molecule has 1 aliphatic carbocycles. The third kappa shape index (κ3) is 2.59. The Bertz CT molecular complexity index is 388. The molecule has 102 valence electrons. The number of hydrogen-bond donors (Lipinski definition) is 2. The standard InChI is InChI=1S/C14H25N3O/c1-11(2)17-8-6-12(16-17)9-14(10-15)7-4-3-5-13(14)18/h6,8,11,13,18H,3-5,7,9-10,15H2,1-2H3. The molecule has 0 saturated heterocycles. The van der Waals surface area contributed by atoms with Crippen molar-refractivity contribution in [3.63, 3.8) is 0 Å². The zero-order chi connectivity index (χ0) is 13.2. The van der Waals surface area contributed by atoms with E-state index in [1.165, 1.54) is 6.42 Å².